The van der Waals surface area contributed by atoms with E-state index in [9.17, 15) is 0 Å². The van der Waals surface area contributed by atoms with Gasteiger partial charge < -0.3 is 10.2 Å². The van der Waals surface area contributed by atoms with Crippen LogP contribution in [0, 0.1) is 12.8 Å². The lowest BCUT2D eigenvalue weighted by molar-refractivity contribution is 0.420. The molecule has 3 heteroatoms. The molecule has 100 valence electrons. The molecule has 1 aliphatic rings. The van der Waals surface area contributed by atoms with Gasteiger partial charge in [-0.05, 0) is 37.4 Å². The first-order chi connectivity index (χ1) is 8.59. The van der Waals surface area contributed by atoms with Gasteiger partial charge in [-0.2, -0.15) is 0 Å². The molecule has 1 aromatic rings. The van der Waals surface area contributed by atoms with E-state index in [0.717, 1.165) is 24.7 Å². The molecule has 0 bridgehead atoms. The summed E-state index contributed by atoms with van der Waals surface area (Å²) in [7, 11) is 0. The van der Waals surface area contributed by atoms with E-state index >= 15 is 0 Å². The quantitative estimate of drug-likeness (QED) is 0.882. The minimum Gasteiger partial charge on any atom is -0.368 e. The number of anilines is 1. The summed E-state index contributed by atoms with van der Waals surface area (Å²) in [6.07, 6.45) is 1.17. The van der Waals surface area contributed by atoms with Gasteiger partial charge in [-0.1, -0.05) is 37.6 Å². The fraction of sp³-hybridized carbons (Fsp3) is 0.600. The first-order valence-electron chi connectivity index (χ1n) is 6.83. The smallest absolute Gasteiger partial charge is 0.0642 e. The molecular formula is C15H23ClN2. The van der Waals surface area contributed by atoms with Crippen molar-refractivity contribution in [3.8, 4) is 0 Å². The molecule has 2 nitrogen and oxygen atoms in total. The SMILES string of the molecule is Cc1cccc(Cl)c1N1CCCNC(C(C)C)C1. The van der Waals surface area contributed by atoms with Crippen molar-refractivity contribution < 1.29 is 0 Å². The van der Waals surface area contributed by atoms with Crippen molar-refractivity contribution in [2.75, 3.05) is 24.5 Å². The summed E-state index contributed by atoms with van der Waals surface area (Å²) in [5, 5.41) is 4.51. The van der Waals surface area contributed by atoms with Crippen LogP contribution in [0.5, 0.6) is 0 Å². The number of hydrogen-bond donors (Lipinski definition) is 1. The maximum Gasteiger partial charge on any atom is 0.0642 e. The average molecular weight is 267 g/mol. The fourth-order valence-electron chi connectivity index (χ4n) is 2.62. The molecule has 18 heavy (non-hydrogen) atoms. The minimum absolute atomic E-state index is 0.545. The van der Waals surface area contributed by atoms with Crippen molar-refractivity contribution in [1.82, 2.24) is 5.32 Å². The molecule has 0 aromatic heterocycles. The molecule has 1 atom stereocenters. The summed E-state index contributed by atoms with van der Waals surface area (Å²) < 4.78 is 0. The highest BCUT2D eigenvalue weighted by atomic mass is 35.5. The van der Waals surface area contributed by atoms with Crippen molar-refractivity contribution in [3.05, 3.63) is 28.8 Å². The van der Waals surface area contributed by atoms with E-state index in [1.54, 1.807) is 0 Å². The molecule has 1 fully saturated rings. The molecule has 0 spiro atoms. The second kappa shape index (κ2) is 5.94. The molecule has 1 aliphatic heterocycles. The highest BCUT2D eigenvalue weighted by Gasteiger charge is 2.22. The van der Waals surface area contributed by atoms with E-state index in [1.165, 1.54) is 17.7 Å². The Morgan fingerprint density at radius 2 is 2.17 bits per heavy atom. The summed E-state index contributed by atoms with van der Waals surface area (Å²) in [6.45, 7) is 9.93. The van der Waals surface area contributed by atoms with Gasteiger partial charge in [0.1, 0.15) is 0 Å². The minimum atomic E-state index is 0.545. The van der Waals surface area contributed by atoms with Crippen LogP contribution >= 0.6 is 11.6 Å². The number of nitrogens with zero attached hydrogens (tertiary/aromatic N) is 1. The van der Waals surface area contributed by atoms with Crippen LogP contribution in [0.3, 0.4) is 0 Å². The predicted molar refractivity (Wildman–Crippen MR) is 79.6 cm³/mol. The molecule has 0 radical (unpaired) electrons. The average Bonchev–Trinajstić information content (AvgIpc) is 2.54. The topological polar surface area (TPSA) is 15.3 Å². The molecule has 1 heterocycles. The van der Waals surface area contributed by atoms with Gasteiger partial charge in [0.05, 0.1) is 10.7 Å². The van der Waals surface area contributed by atoms with Crippen molar-refractivity contribution in [2.24, 2.45) is 5.92 Å². The lowest BCUT2D eigenvalue weighted by Gasteiger charge is -2.30. The van der Waals surface area contributed by atoms with Crippen LogP contribution in [0.1, 0.15) is 25.8 Å². The Balaban J connectivity index is 2.25. The highest BCUT2D eigenvalue weighted by Crippen LogP contribution is 2.30. The van der Waals surface area contributed by atoms with Gasteiger partial charge in [-0.3, -0.25) is 0 Å². The Bertz CT molecular complexity index is 383. The lowest BCUT2D eigenvalue weighted by Crippen LogP contribution is -2.41. The first kappa shape index (κ1) is 13.7. The fourth-order valence-corrected chi connectivity index (χ4v) is 2.97. The monoisotopic (exact) mass is 266 g/mol. The Hall–Kier alpha value is -0.730. The molecule has 0 amide bonds. The predicted octanol–water partition coefficient (Wildman–Crippen LogP) is 3.47. The van der Waals surface area contributed by atoms with E-state index in [-0.39, 0.29) is 0 Å². The Labute approximate surface area is 115 Å². The number of para-hydroxylation sites is 1. The summed E-state index contributed by atoms with van der Waals surface area (Å²) >= 11 is 6.38. The summed E-state index contributed by atoms with van der Waals surface area (Å²) in [6, 6.07) is 6.70. The summed E-state index contributed by atoms with van der Waals surface area (Å²) in [5.41, 5.74) is 2.49. The number of rotatable bonds is 2. The van der Waals surface area contributed by atoms with E-state index in [2.05, 4.69) is 37.1 Å². The normalized spacial score (nSPS) is 21.2. The summed E-state index contributed by atoms with van der Waals surface area (Å²) in [4.78, 5) is 2.45. The number of aryl methyl sites for hydroxylation is 1. The van der Waals surface area contributed by atoms with Crippen LogP contribution in [0.15, 0.2) is 18.2 Å². The van der Waals surface area contributed by atoms with Gasteiger partial charge in [0.25, 0.3) is 0 Å². The third-order valence-electron chi connectivity index (χ3n) is 3.74. The molecule has 0 aliphatic carbocycles. The van der Waals surface area contributed by atoms with Crippen LogP contribution in [-0.2, 0) is 0 Å². The second-order valence-corrected chi connectivity index (χ2v) is 5.92. The standard InChI is InChI=1S/C15H23ClN2/c1-11(2)14-10-18(9-5-8-17-14)15-12(3)6-4-7-13(15)16/h4,6-7,11,14,17H,5,8-10H2,1-3H3. The van der Waals surface area contributed by atoms with Gasteiger partial charge in [-0.25, -0.2) is 0 Å². The van der Waals surface area contributed by atoms with E-state index in [1.807, 2.05) is 12.1 Å². The number of halogens is 1. The zero-order chi connectivity index (χ0) is 13.1. The molecule has 1 unspecified atom stereocenters. The lowest BCUT2D eigenvalue weighted by atomic mass is 10.0. The van der Waals surface area contributed by atoms with Crippen LogP contribution in [-0.4, -0.2) is 25.7 Å². The van der Waals surface area contributed by atoms with Crippen LogP contribution in [0.25, 0.3) is 0 Å². The molecule has 2 rings (SSSR count). The van der Waals surface area contributed by atoms with Crippen LogP contribution in [0.2, 0.25) is 5.02 Å². The highest BCUT2D eigenvalue weighted by molar-refractivity contribution is 6.33. The third-order valence-corrected chi connectivity index (χ3v) is 4.04. The molecule has 0 saturated carbocycles. The van der Waals surface area contributed by atoms with Gasteiger partial charge >= 0.3 is 0 Å². The van der Waals surface area contributed by atoms with Crippen molar-refractivity contribution >= 4 is 17.3 Å². The van der Waals surface area contributed by atoms with Gasteiger partial charge in [-0.15, -0.1) is 0 Å². The maximum atomic E-state index is 6.38. The second-order valence-electron chi connectivity index (χ2n) is 5.51. The van der Waals surface area contributed by atoms with Crippen LogP contribution in [0.4, 0.5) is 5.69 Å². The first-order valence-corrected chi connectivity index (χ1v) is 7.21. The number of benzene rings is 1. The van der Waals surface area contributed by atoms with Crippen LogP contribution < -0.4 is 10.2 Å². The van der Waals surface area contributed by atoms with E-state index in [0.29, 0.717) is 12.0 Å². The zero-order valence-electron chi connectivity index (χ0n) is 11.5. The van der Waals surface area contributed by atoms with Crippen molar-refractivity contribution in [3.63, 3.8) is 0 Å². The molecular weight excluding hydrogens is 244 g/mol. The van der Waals surface area contributed by atoms with Crippen molar-refractivity contribution in [1.29, 1.82) is 0 Å². The molecule has 1 saturated heterocycles. The molecule has 1 aromatic carbocycles. The van der Waals surface area contributed by atoms with Crippen molar-refractivity contribution in [2.45, 2.75) is 33.2 Å². The number of hydrogen-bond acceptors (Lipinski definition) is 2. The van der Waals surface area contributed by atoms with E-state index < -0.39 is 0 Å². The van der Waals surface area contributed by atoms with Gasteiger partial charge in [0.15, 0.2) is 0 Å². The Kier molecular flexibility index (Phi) is 4.52. The Morgan fingerprint density at radius 3 is 2.83 bits per heavy atom. The van der Waals surface area contributed by atoms with Gasteiger partial charge in [0, 0.05) is 19.1 Å². The van der Waals surface area contributed by atoms with Gasteiger partial charge in [0.2, 0.25) is 0 Å². The van der Waals surface area contributed by atoms with E-state index in [4.69, 9.17) is 11.6 Å². The molecule has 1 N–H and O–H groups in total. The largest absolute Gasteiger partial charge is 0.368 e. The number of nitrogens with one attached hydrogen (secondary N) is 1. The summed E-state index contributed by atoms with van der Waals surface area (Å²) in [5.74, 6) is 0.647. The maximum absolute atomic E-state index is 6.38. The Morgan fingerprint density at radius 1 is 1.39 bits per heavy atom. The zero-order valence-corrected chi connectivity index (χ0v) is 12.3. The third kappa shape index (κ3) is 2.99.